The lowest BCUT2D eigenvalue weighted by Crippen LogP contribution is -2.10. The second-order valence-corrected chi connectivity index (χ2v) is 4.47. The minimum Gasteiger partial charge on any atom is -0.485 e. The Balaban J connectivity index is 2.04. The van der Waals surface area contributed by atoms with Gasteiger partial charge in [-0.15, -0.1) is 11.3 Å². The Kier molecular flexibility index (Phi) is 3.84. The summed E-state index contributed by atoms with van der Waals surface area (Å²) in [6.07, 6.45) is 0.525. The molecule has 0 amide bonds. The van der Waals surface area contributed by atoms with Crippen LogP contribution in [0.15, 0.2) is 35.7 Å². The van der Waals surface area contributed by atoms with Crippen molar-refractivity contribution in [3.8, 4) is 5.75 Å². The summed E-state index contributed by atoms with van der Waals surface area (Å²) in [4.78, 5) is 22.8. The highest BCUT2D eigenvalue weighted by molar-refractivity contribution is 7.12. The van der Waals surface area contributed by atoms with Crippen LogP contribution in [0, 0.1) is 5.82 Å². The summed E-state index contributed by atoms with van der Waals surface area (Å²) in [6.45, 7) is -0.178. The van der Waals surface area contributed by atoms with Crippen LogP contribution in [0.1, 0.15) is 20.0 Å². The molecule has 0 atom stereocenters. The zero-order valence-electron chi connectivity index (χ0n) is 9.26. The summed E-state index contributed by atoms with van der Waals surface area (Å²) in [6, 6.07) is 7.08. The Hall–Kier alpha value is -2.01. The molecule has 1 aromatic heterocycles. The van der Waals surface area contributed by atoms with Gasteiger partial charge in [-0.05, 0) is 23.6 Å². The van der Waals surface area contributed by atoms with Crippen LogP contribution in [0.2, 0.25) is 0 Å². The predicted octanol–water partition coefficient (Wildman–Crippen LogP) is 2.96. The van der Waals surface area contributed by atoms with Gasteiger partial charge in [0.1, 0.15) is 17.9 Å². The second kappa shape index (κ2) is 5.55. The Morgan fingerprint density at radius 3 is 2.89 bits per heavy atom. The van der Waals surface area contributed by atoms with Crippen molar-refractivity contribution in [1.29, 1.82) is 0 Å². The molecular weight excluding hydrogens is 255 g/mol. The van der Waals surface area contributed by atoms with Crippen LogP contribution in [0.25, 0.3) is 0 Å². The van der Waals surface area contributed by atoms with Crippen LogP contribution >= 0.6 is 11.3 Å². The number of thiophene rings is 1. The van der Waals surface area contributed by atoms with E-state index in [1.807, 2.05) is 0 Å². The molecule has 3 nitrogen and oxygen atoms in total. The summed E-state index contributed by atoms with van der Waals surface area (Å²) in [5, 5.41) is 1.79. The van der Waals surface area contributed by atoms with E-state index >= 15 is 0 Å². The molecular formula is C13H9FO3S. The van der Waals surface area contributed by atoms with Gasteiger partial charge in [0.2, 0.25) is 5.78 Å². The lowest BCUT2D eigenvalue weighted by molar-refractivity contribution is 0.0925. The van der Waals surface area contributed by atoms with Crippen molar-refractivity contribution in [2.75, 3.05) is 6.61 Å². The van der Waals surface area contributed by atoms with Crippen LogP contribution in [-0.2, 0) is 0 Å². The fraction of sp³-hybridized carbons (Fsp3) is 0.0769. The number of aldehydes is 1. The van der Waals surface area contributed by atoms with Crippen LogP contribution in [0.4, 0.5) is 4.39 Å². The van der Waals surface area contributed by atoms with E-state index in [-0.39, 0.29) is 23.7 Å². The van der Waals surface area contributed by atoms with Gasteiger partial charge in [-0.25, -0.2) is 4.39 Å². The number of rotatable bonds is 5. The molecule has 2 aromatic rings. The molecule has 0 saturated carbocycles. The van der Waals surface area contributed by atoms with E-state index in [0.29, 0.717) is 11.2 Å². The summed E-state index contributed by atoms with van der Waals surface area (Å²) < 4.78 is 18.3. The number of ketones is 1. The van der Waals surface area contributed by atoms with E-state index < -0.39 is 5.82 Å². The Bertz CT molecular complexity index is 564. The van der Waals surface area contributed by atoms with Crippen molar-refractivity contribution in [3.05, 3.63) is 52.0 Å². The van der Waals surface area contributed by atoms with Gasteiger partial charge in [-0.2, -0.15) is 0 Å². The molecule has 18 heavy (non-hydrogen) atoms. The quantitative estimate of drug-likeness (QED) is 0.616. The third-order valence-electron chi connectivity index (χ3n) is 2.20. The molecule has 0 radical (unpaired) electrons. The third kappa shape index (κ3) is 3.01. The average molecular weight is 264 g/mol. The minimum atomic E-state index is -0.571. The molecule has 0 saturated heterocycles. The maximum absolute atomic E-state index is 13.1. The molecule has 0 bridgehead atoms. The first kappa shape index (κ1) is 12.4. The lowest BCUT2D eigenvalue weighted by atomic mass is 10.2. The van der Waals surface area contributed by atoms with Crippen molar-refractivity contribution in [2.45, 2.75) is 0 Å². The Morgan fingerprint density at radius 1 is 1.39 bits per heavy atom. The molecule has 5 heteroatoms. The zero-order chi connectivity index (χ0) is 13.0. The number of Topliss-reactive ketones (excluding diaryl/α,β-unsaturated/α-hetero) is 1. The van der Waals surface area contributed by atoms with Gasteiger partial charge in [-0.3, -0.25) is 9.59 Å². The normalized spacial score (nSPS) is 10.1. The Morgan fingerprint density at radius 2 is 2.22 bits per heavy atom. The van der Waals surface area contributed by atoms with Crippen LogP contribution < -0.4 is 4.74 Å². The van der Waals surface area contributed by atoms with E-state index in [2.05, 4.69) is 0 Å². The monoisotopic (exact) mass is 264 g/mol. The summed E-state index contributed by atoms with van der Waals surface area (Å²) in [7, 11) is 0. The number of ether oxygens (including phenoxy) is 1. The molecule has 0 N–H and O–H groups in total. The maximum atomic E-state index is 13.1. The molecule has 0 fully saturated rings. The van der Waals surface area contributed by atoms with Crippen LogP contribution in [-0.4, -0.2) is 18.7 Å². The van der Waals surface area contributed by atoms with Crippen molar-refractivity contribution in [3.63, 3.8) is 0 Å². The van der Waals surface area contributed by atoms with Crippen molar-refractivity contribution in [2.24, 2.45) is 0 Å². The van der Waals surface area contributed by atoms with Gasteiger partial charge in [0.15, 0.2) is 6.61 Å². The van der Waals surface area contributed by atoms with Crippen LogP contribution in [0.5, 0.6) is 5.75 Å². The first-order valence-electron chi connectivity index (χ1n) is 5.14. The summed E-state index contributed by atoms with van der Waals surface area (Å²) in [5.74, 6) is -0.581. The number of halogens is 1. The fourth-order valence-corrected chi connectivity index (χ4v) is 2.04. The smallest absolute Gasteiger partial charge is 0.210 e. The number of hydrogen-bond donors (Lipinski definition) is 0. The summed E-state index contributed by atoms with van der Waals surface area (Å²) >= 11 is 1.32. The average Bonchev–Trinajstić information content (AvgIpc) is 2.89. The largest absolute Gasteiger partial charge is 0.485 e. The van der Waals surface area contributed by atoms with Gasteiger partial charge >= 0.3 is 0 Å². The van der Waals surface area contributed by atoms with E-state index in [0.717, 1.165) is 12.1 Å². The van der Waals surface area contributed by atoms with Crippen molar-refractivity contribution >= 4 is 23.4 Å². The molecule has 0 aliphatic carbocycles. The maximum Gasteiger partial charge on any atom is 0.210 e. The van der Waals surface area contributed by atoms with Crippen molar-refractivity contribution in [1.82, 2.24) is 0 Å². The number of hydrogen-bond acceptors (Lipinski definition) is 4. The van der Waals surface area contributed by atoms with E-state index in [1.54, 1.807) is 17.5 Å². The predicted molar refractivity (Wildman–Crippen MR) is 65.9 cm³/mol. The first-order valence-corrected chi connectivity index (χ1v) is 6.02. The summed E-state index contributed by atoms with van der Waals surface area (Å²) in [5.41, 5.74) is 0.175. The Labute approximate surface area is 107 Å². The van der Waals surface area contributed by atoms with Gasteiger partial charge in [-0.1, -0.05) is 6.07 Å². The van der Waals surface area contributed by atoms with Gasteiger partial charge in [0.05, 0.1) is 4.88 Å². The van der Waals surface area contributed by atoms with Gasteiger partial charge in [0, 0.05) is 11.6 Å². The fourth-order valence-electron chi connectivity index (χ4n) is 1.39. The lowest BCUT2D eigenvalue weighted by Gasteiger charge is -2.05. The molecule has 1 heterocycles. The number of carbonyl (C=O) groups excluding carboxylic acids is 2. The highest BCUT2D eigenvalue weighted by Crippen LogP contribution is 2.16. The molecule has 0 aliphatic rings. The van der Waals surface area contributed by atoms with E-state index in [9.17, 15) is 14.0 Å². The highest BCUT2D eigenvalue weighted by atomic mass is 32.1. The number of carbonyl (C=O) groups is 2. The molecule has 2 rings (SSSR count). The SMILES string of the molecule is O=Cc1cc(F)cc(OCC(=O)c2cccs2)c1. The third-order valence-corrected chi connectivity index (χ3v) is 3.11. The van der Waals surface area contributed by atoms with Crippen molar-refractivity contribution < 1.29 is 18.7 Å². The second-order valence-electron chi connectivity index (χ2n) is 3.53. The highest BCUT2D eigenvalue weighted by Gasteiger charge is 2.08. The zero-order valence-corrected chi connectivity index (χ0v) is 10.1. The first-order chi connectivity index (χ1) is 8.69. The molecule has 0 spiro atoms. The standard InChI is InChI=1S/C13H9FO3S/c14-10-4-9(7-15)5-11(6-10)17-8-12(16)13-2-1-3-18-13/h1-7H,8H2. The molecule has 0 aliphatic heterocycles. The van der Waals surface area contributed by atoms with Crippen LogP contribution in [0.3, 0.4) is 0 Å². The molecule has 1 aromatic carbocycles. The molecule has 92 valence electrons. The van der Waals surface area contributed by atoms with Gasteiger partial charge < -0.3 is 4.74 Å². The minimum absolute atomic E-state index is 0.169. The number of benzene rings is 1. The topological polar surface area (TPSA) is 43.4 Å². The molecule has 0 unspecified atom stereocenters. The van der Waals surface area contributed by atoms with Gasteiger partial charge in [0.25, 0.3) is 0 Å². The van der Waals surface area contributed by atoms with E-state index in [4.69, 9.17) is 4.74 Å². The van der Waals surface area contributed by atoms with E-state index in [1.165, 1.54) is 17.4 Å².